The molecule has 9 atom stereocenters. The number of phenolic OH excluding ortho intramolecular Hbond substituents is 15. The number of Topliss-reactive ketones (excluding diaryl/α,β-unsaturated/α-hetero) is 1. The molecule has 85 heavy (non-hydrogen) atoms. The smallest absolute Gasteiger partial charge is 0.339 e. The second-order valence-electron chi connectivity index (χ2n) is 20.2. The first-order valence-electron chi connectivity index (χ1n) is 24.7. The molecule has 30 heteroatoms. The van der Waals surface area contributed by atoms with Crippen molar-refractivity contribution in [2.45, 2.75) is 54.6 Å². The lowest BCUT2D eigenvalue weighted by molar-refractivity contribution is -0.200. The Morgan fingerprint density at radius 1 is 0.529 bits per heavy atom. The van der Waals surface area contributed by atoms with Gasteiger partial charge in [0.1, 0.15) is 35.9 Å². The monoisotopic (exact) mass is 1180 g/mol. The van der Waals surface area contributed by atoms with E-state index in [9.17, 15) is 96.4 Å². The van der Waals surface area contributed by atoms with E-state index in [1.54, 1.807) is 0 Å². The SMILES string of the molecule is O=C(OC1COC(=O)c2cc(O)c(O)c(O)c2-c2c(cc(O)c(O)c2O)C(=O)OC1C1OC(=O)c2cc(O)c(O)c(O)c2C2=C(O)C(=O)C34Oc5cc(O)c6c(c5C3C1OC(=O)C24)O[C@H](c1ccc(O)c(O)c1)C(O)C6)c1cc(O)c(O)c(O)c1. The lowest BCUT2D eigenvalue weighted by Gasteiger charge is -2.47. The van der Waals surface area contributed by atoms with Gasteiger partial charge < -0.3 is 120 Å². The number of fused-ring (bicyclic) bond motifs is 8. The average Bonchev–Trinajstić information content (AvgIpc) is 1.52. The number of carbonyl (C=O) groups excluding carboxylic acids is 6. The zero-order chi connectivity index (χ0) is 61.1. The molecule has 1 spiro atoms. The van der Waals surface area contributed by atoms with Crippen LogP contribution in [0.25, 0.3) is 16.7 Å². The van der Waals surface area contributed by atoms with Gasteiger partial charge in [-0.05, 0) is 48.0 Å². The van der Waals surface area contributed by atoms with E-state index in [0.717, 1.165) is 18.2 Å². The van der Waals surface area contributed by atoms with Crippen molar-refractivity contribution in [3.63, 3.8) is 0 Å². The predicted molar refractivity (Wildman–Crippen MR) is 268 cm³/mol. The number of hydrogen-bond acceptors (Lipinski definition) is 30. The number of benzene rings is 6. The fraction of sp³-hybridized carbons (Fsp3) is 0.200. The molecule has 5 aliphatic heterocycles. The van der Waals surface area contributed by atoms with Gasteiger partial charge in [0.25, 0.3) is 0 Å². The third kappa shape index (κ3) is 7.60. The number of cyclic esters (lactones) is 3. The second-order valence-corrected chi connectivity index (χ2v) is 20.2. The molecule has 0 radical (unpaired) electrons. The number of phenols is 15. The van der Waals surface area contributed by atoms with Crippen LogP contribution in [0.15, 0.2) is 60.4 Å². The standard InChI is InChI=1S/C55H38O30/c56-18-2-1-12(3-20(18)58)44-26(64)6-14-19(57)10-27-32(45(14)81-44)34-47-48(84-53(77)17-9-25(63)39(68)42(71)31(17)33-35(54(78)83-47)55(34,85-27)49(73)43(33)72)46-28(80-50(74)13-4-21(59)36(65)22(60)5-13)11-79-51(75)15-7-23(61)37(66)40(69)29(15)30-16(52(76)82-46)8-24(62)38(67)41(30)70/h1-5,7-10,26,28,34-35,44,46-48,56-72H,6,11H2/t26?,28?,34?,35?,44-,46?,47?,48?,55?/m1/s1. The van der Waals surface area contributed by atoms with Crippen molar-refractivity contribution in [2.24, 2.45) is 5.92 Å². The number of carbonyl (C=O) groups is 6. The Hall–Kier alpha value is -11.6. The average molecular weight is 1180 g/mol. The Bertz CT molecular complexity index is 4100. The molecule has 1 aliphatic carbocycles. The maximum atomic E-state index is 15.4. The molecule has 4 bridgehead atoms. The van der Waals surface area contributed by atoms with Gasteiger partial charge in [-0.15, -0.1) is 0 Å². The molecule has 1 fully saturated rings. The highest BCUT2D eigenvalue weighted by molar-refractivity contribution is 6.21. The van der Waals surface area contributed by atoms with Crippen LogP contribution >= 0.6 is 0 Å². The number of ketones is 1. The molecule has 12 rings (SSSR count). The quantitative estimate of drug-likeness (QED) is 0.0684. The van der Waals surface area contributed by atoms with Crippen molar-refractivity contribution in [2.75, 3.05) is 6.61 Å². The van der Waals surface area contributed by atoms with Crippen molar-refractivity contribution in [3.8, 4) is 109 Å². The molecule has 6 aromatic carbocycles. The zero-order valence-electron chi connectivity index (χ0n) is 42.1. The summed E-state index contributed by atoms with van der Waals surface area (Å²) in [6.07, 6.45) is -14.9. The largest absolute Gasteiger partial charge is 0.507 e. The summed E-state index contributed by atoms with van der Waals surface area (Å²) in [6.45, 7) is -1.57. The highest BCUT2D eigenvalue weighted by Crippen LogP contribution is 2.67. The Balaban J connectivity index is 1.15. The maximum Gasteiger partial charge on any atom is 0.339 e. The van der Waals surface area contributed by atoms with Gasteiger partial charge in [-0.3, -0.25) is 9.59 Å². The molecule has 30 nitrogen and oxygen atoms in total. The Morgan fingerprint density at radius 2 is 1.07 bits per heavy atom. The fourth-order valence-electron chi connectivity index (χ4n) is 11.7. The van der Waals surface area contributed by atoms with Crippen molar-refractivity contribution in [3.05, 3.63) is 105 Å². The molecule has 17 N–H and O–H groups in total. The molecule has 0 saturated carbocycles. The first-order valence-corrected chi connectivity index (χ1v) is 24.7. The van der Waals surface area contributed by atoms with Crippen LogP contribution in [0.3, 0.4) is 0 Å². The summed E-state index contributed by atoms with van der Waals surface area (Å²) in [5.74, 6) is -36.5. The van der Waals surface area contributed by atoms with Crippen molar-refractivity contribution in [1.29, 1.82) is 0 Å². The number of aliphatic hydroxyl groups excluding tert-OH is 2. The summed E-state index contributed by atoms with van der Waals surface area (Å²) < 4.78 is 42.5. The van der Waals surface area contributed by atoms with E-state index in [2.05, 4.69) is 0 Å². The van der Waals surface area contributed by atoms with E-state index >= 15 is 19.2 Å². The van der Waals surface area contributed by atoms with E-state index in [1.807, 2.05) is 0 Å². The Kier molecular flexibility index (Phi) is 11.8. The molecule has 8 unspecified atom stereocenters. The molecule has 1 saturated heterocycles. The second kappa shape index (κ2) is 18.5. The van der Waals surface area contributed by atoms with E-state index in [-0.39, 0.29) is 11.1 Å². The van der Waals surface area contributed by atoms with Crippen molar-refractivity contribution < 1.29 is 149 Å². The number of aromatic hydroxyl groups is 15. The zero-order valence-corrected chi connectivity index (χ0v) is 42.1. The van der Waals surface area contributed by atoms with Crippen LogP contribution in [0.2, 0.25) is 0 Å². The fourth-order valence-corrected chi connectivity index (χ4v) is 11.7. The highest BCUT2D eigenvalue weighted by Gasteiger charge is 2.76. The number of ether oxygens (including phenoxy) is 7. The van der Waals surface area contributed by atoms with E-state index < -0.39 is 256 Å². The topological polar surface area (TPSA) is 511 Å². The summed E-state index contributed by atoms with van der Waals surface area (Å²) in [4.78, 5) is 90.1. The third-order valence-electron chi connectivity index (χ3n) is 15.5. The van der Waals surface area contributed by atoms with E-state index in [1.165, 1.54) is 6.07 Å². The Morgan fingerprint density at radius 3 is 1.66 bits per heavy atom. The number of aliphatic hydroxyl groups is 2. The lowest BCUT2D eigenvalue weighted by atomic mass is 9.66. The van der Waals surface area contributed by atoms with Gasteiger partial charge in [-0.2, -0.15) is 0 Å². The van der Waals surface area contributed by atoms with Gasteiger partial charge in [0.15, 0.2) is 93.4 Å². The molecule has 6 aliphatic rings. The highest BCUT2D eigenvalue weighted by atomic mass is 16.6. The summed E-state index contributed by atoms with van der Waals surface area (Å²) >= 11 is 0. The number of rotatable bonds is 4. The Labute approximate surface area is 469 Å². The van der Waals surface area contributed by atoms with Crippen LogP contribution in [-0.2, 0) is 39.7 Å². The first-order chi connectivity index (χ1) is 40.2. The van der Waals surface area contributed by atoms with Crippen LogP contribution < -0.4 is 9.47 Å². The summed E-state index contributed by atoms with van der Waals surface area (Å²) in [5, 5.41) is 187. The van der Waals surface area contributed by atoms with Crippen LogP contribution in [0.5, 0.6) is 97.7 Å². The predicted octanol–water partition coefficient (Wildman–Crippen LogP) is 2.44. The summed E-state index contributed by atoms with van der Waals surface area (Å²) in [7, 11) is 0. The molecular weight excluding hydrogens is 1140 g/mol. The third-order valence-corrected chi connectivity index (χ3v) is 15.5. The lowest BCUT2D eigenvalue weighted by Crippen LogP contribution is -2.65. The van der Waals surface area contributed by atoms with Crippen LogP contribution in [0.4, 0.5) is 0 Å². The normalized spacial score (nSPS) is 24.5. The molecule has 6 aromatic rings. The van der Waals surface area contributed by atoms with Crippen LogP contribution in [0.1, 0.15) is 75.7 Å². The molecule has 5 heterocycles. The maximum absolute atomic E-state index is 15.4. The molecule has 0 aromatic heterocycles. The summed E-state index contributed by atoms with van der Waals surface area (Å²) in [6, 6.07) is 6.24. The number of hydrogen-bond donors (Lipinski definition) is 17. The first kappa shape index (κ1) is 54.0. The van der Waals surface area contributed by atoms with Gasteiger partial charge in [-0.1, -0.05) is 6.07 Å². The minimum absolute atomic E-state index is 0.0519. The molecule has 0 amide bonds. The van der Waals surface area contributed by atoms with Crippen molar-refractivity contribution in [1.82, 2.24) is 0 Å². The van der Waals surface area contributed by atoms with Crippen LogP contribution in [0, 0.1) is 5.92 Å². The van der Waals surface area contributed by atoms with Crippen LogP contribution in [-0.4, -0.2) is 165 Å². The van der Waals surface area contributed by atoms with Gasteiger partial charge in [0.2, 0.25) is 28.6 Å². The van der Waals surface area contributed by atoms with Crippen molar-refractivity contribution >= 4 is 41.2 Å². The van der Waals surface area contributed by atoms with Gasteiger partial charge in [-0.25, -0.2) is 19.2 Å². The molecule has 438 valence electrons. The molecular formula is C55H38O30. The minimum atomic E-state index is -3.09. The van der Waals surface area contributed by atoms with Gasteiger partial charge in [0, 0.05) is 45.9 Å². The van der Waals surface area contributed by atoms with Gasteiger partial charge >= 0.3 is 29.8 Å². The van der Waals surface area contributed by atoms with E-state index in [0.29, 0.717) is 30.3 Å². The van der Waals surface area contributed by atoms with E-state index in [4.69, 9.17) is 33.2 Å². The summed E-state index contributed by atoms with van der Waals surface area (Å²) in [5.41, 5.74) is -12.8. The number of esters is 5. The minimum Gasteiger partial charge on any atom is -0.507 e. The van der Waals surface area contributed by atoms with Gasteiger partial charge in [0.05, 0.1) is 34.3 Å².